The Morgan fingerprint density at radius 1 is 1.33 bits per heavy atom. The van der Waals surface area contributed by atoms with E-state index in [0.29, 0.717) is 5.69 Å². The number of benzene rings is 1. The van der Waals surface area contributed by atoms with Crippen LogP contribution in [0.2, 0.25) is 0 Å². The van der Waals surface area contributed by atoms with E-state index in [1.54, 1.807) is 0 Å². The molecule has 0 fully saturated rings. The molecule has 0 bridgehead atoms. The summed E-state index contributed by atoms with van der Waals surface area (Å²) in [7, 11) is 1.48. The molecule has 0 aliphatic carbocycles. The lowest BCUT2D eigenvalue weighted by atomic mass is 10.1. The Morgan fingerprint density at radius 3 is 2.44 bits per heavy atom. The van der Waals surface area contributed by atoms with E-state index in [4.69, 9.17) is 0 Å². The van der Waals surface area contributed by atoms with Gasteiger partial charge in [0.1, 0.15) is 5.82 Å². The molecule has 0 radical (unpaired) electrons. The van der Waals surface area contributed by atoms with Crippen LogP contribution in [0, 0.1) is 5.82 Å². The fraction of sp³-hybridized carbons (Fsp3) is 0.500. The summed E-state index contributed by atoms with van der Waals surface area (Å²) >= 11 is 0. The molecule has 6 heteroatoms. The molecule has 0 saturated heterocycles. The maximum Gasteiger partial charge on any atom is 0.390 e. The molecule has 0 saturated carbocycles. The van der Waals surface area contributed by atoms with Crippen molar-refractivity contribution in [1.29, 1.82) is 0 Å². The van der Waals surface area contributed by atoms with Crippen molar-refractivity contribution in [1.82, 2.24) is 0 Å². The van der Waals surface area contributed by atoms with Crippen molar-refractivity contribution in [2.75, 3.05) is 18.5 Å². The zero-order chi connectivity index (χ0) is 13.9. The third kappa shape index (κ3) is 4.18. The number of nitrogens with zero attached hydrogens (tertiary/aromatic N) is 1. The van der Waals surface area contributed by atoms with Crippen molar-refractivity contribution in [3.8, 4) is 0 Å². The van der Waals surface area contributed by atoms with Gasteiger partial charge in [0.2, 0.25) is 0 Å². The van der Waals surface area contributed by atoms with Crippen molar-refractivity contribution in [3.63, 3.8) is 0 Å². The molecule has 0 aromatic heterocycles. The third-order valence-corrected chi connectivity index (χ3v) is 2.58. The van der Waals surface area contributed by atoms with Crippen LogP contribution in [0.1, 0.15) is 25.0 Å². The molecule has 2 nitrogen and oxygen atoms in total. The minimum Gasteiger partial charge on any atom is -0.389 e. The SMILES string of the molecule is CC(O)c1cc(F)ccc1N(C)CCC(F)(F)F. The largest absolute Gasteiger partial charge is 0.390 e. The van der Waals surface area contributed by atoms with Crippen molar-refractivity contribution in [2.24, 2.45) is 0 Å². The normalized spacial score (nSPS) is 13.5. The summed E-state index contributed by atoms with van der Waals surface area (Å²) < 4.78 is 49.4. The van der Waals surface area contributed by atoms with E-state index in [1.807, 2.05) is 0 Å². The van der Waals surface area contributed by atoms with Crippen molar-refractivity contribution < 1.29 is 22.7 Å². The van der Waals surface area contributed by atoms with Gasteiger partial charge in [0.25, 0.3) is 0 Å². The van der Waals surface area contributed by atoms with E-state index in [1.165, 1.54) is 24.9 Å². The molecule has 0 aliphatic heterocycles. The first kappa shape index (κ1) is 14.8. The molecule has 1 aromatic rings. The average molecular weight is 265 g/mol. The van der Waals surface area contributed by atoms with E-state index in [9.17, 15) is 22.7 Å². The van der Waals surface area contributed by atoms with Gasteiger partial charge in [-0.05, 0) is 25.1 Å². The first-order chi connectivity index (χ1) is 8.20. The topological polar surface area (TPSA) is 23.5 Å². The number of anilines is 1. The van der Waals surface area contributed by atoms with Gasteiger partial charge in [-0.15, -0.1) is 0 Å². The predicted molar refractivity (Wildman–Crippen MR) is 61.0 cm³/mol. The zero-order valence-corrected chi connectivity index (χ0v) is 10.1. The second-order valence-corrected chi connectivity index (χ2v) is 4.17. The number of hydrogen-bond acceptors (Lipinski definition) is 2. The smallest absolute Gasteiger partial charge is 0.389 e. The zero-order valence-electron chi connectivity index (χ0n) is 10.1. The molecule has 0 heterocycles. The fourth-order valence-corrected chi connectivity index (χ4v) is 1.62. The van der Waals surface area contributed by atoms with Crippen LogP contribution in [0.25, 0.3) is 0 Å². The molecule has 0 aliphatic rings. The first-order valence-electron chi connectivity index (χ1n) is 5.46. The summed E-state index contributed by atoms with van der Waals surface area (Å²) in [6.45, 7) is 1.20. The number of aliphatic hydroxyl groups excluding tert-OH is 1. The summed E-state index contributed by atoms with van der Waals surface area (Å²) in [6, 6.07) is 3.66. The van der Waals surface area contributed by atoms with Crippen LogP contribution in [0.3, 0.4) is 0 Å². The molecule has 1 unspecified atom stereocenters. The number of halogens is 4. The summed E-state index contributed by atoms with van der Waals surface area (Å²) in [4.78, 5) is 1.36. The molecule has 1 N–H and O–H groups in total. The van der Waals surface area contributed by atoms with Crippen molar-refractivity contribution >= 4 is 5.69 Å². The maximum absolute atomic E-state index is 13.0. The van der Waals surface area contributed by atoms with Crippen LogP contribution in [-0.4, -0.2) is 24.9 Å². The number of alkyl halides is 3. The highest BCUT2D eigenvalue weighted by atomic mass is 19.4. The van der Waals surface area contributed by atoms with Gasteiger partial charge in [-0.3, -0.25) is 0 Å². The van der Waals surface area contributed by atoms with Crippen LogP contribution >= 0.6 is 0 Å². The first-order valence-corrected chi connectivity index (χ1v) is 5.46. The minimum absolute atomic E-state index is 0.241. The molecule has 0 amide bonds. The number of hydrogen-bond donors (Lipinski definition) is 1. The van der Waals surface area contributed by atoms with E-state index < -0.39 is 24.5 Å². The maximum atomic E-state index is 13.0. The number of rotatable bonds is 4. The highest BCUT2D eigenvalue weighted by Crippen LogP contribution is 2.28. The lowest BCUT2D eigenvalue weighted by Gasteiger charge is -2.24. The summed E-state index contributed by atoms with van der Waals surface area (Å²) in [5.74, 6) is -0.529. The Labute approximate surface area is 103 Å². The molecule has 18 heavy (non-hydrogen) atoms. The minimum atomic E-state index is -4.24. The van der Waals surface area contributed by atoms with E-state index in [0.717, 1.165) is 12.1 Å². The lowest BCUT2D eigenvalue weighted by molar-refractivity contribution is -0.132. The average Bonchev–Trinajstić information content (AvgIpc) is 2.24. The Kier molecular flexibility index (Phi) is 4.56. The Hall–Kier alpha value is -1.30. The molecule has 1 rings (SSSR count). The van der Waals surface area contributed by atoms with Crippen LogP contribution in [0.5, 0.6) is 0 Å². The Morgan fingerprint density at radius 2 is 1.94 bits per heavy atom. The summed E-state index contributed by atoms with van der Waals surface area (Å²) in [6.07, 6.45) is -6.14. The van der Waals surface area contributed by atoms with Gasteiger partial charge in [-0.25, -0.2) is 4.39 Å². The summed E-state index contributed by atoms with van der Waals surface area (Å²) in [5, 5.41) is 9.49. The van der Waals surface area contributed by atoms with Crippen LogP contribution in [-0.2, 0) is 0 Å². The molecule has 102 valence electrons. The van der Waals surface area contributed by atoms with Gasteiger partial charge in [-0.1, -0.05) is 0 Å². The van der Waals surface area contributed by atoms with Crippen LogP contribution < -0.4 is 4.90 Å². The second kappa shape index (κ2) is 5.56. The van der Waals surface area contributed by atoms with Gasteiger partial charge in [0.15, 0.2) is 0 Å². The van der Waals surface area contributed by atoms with E-state index in [-0.39, 0.29) is 12.1 Å². The second-order valence-electron chi connectivity index (χ2n) is 4.17. The highest BCUT2D eigenvalue weighted by Gasteiger charge is 2.27. The number of aliphatic hydroxyl groups is 1. The molecular formula is C12H15F4NO. The van der Waals surface area contributed by atoms with Gasteiger partial charge in [-0.2, -0.15) is 13.2 Å². The summed E-state index contributed by atoms with van der Waals surface area (Å²) in [5.41, 5.74) is 0.676. The van der Waals surface area contributed by atoms with Crippen molar-refractivity contribution in [2.45, 2.75) is 25.6 Å². The predicted octanol–water partition coefficient (Wildman–Crippen LogP) is 3.27. The standard InChI is InChI=1S/C12H15F4NO/c1-8(18)10-7-9(13)3-4-11(10)17(2)6-5-12(14,15)16/h3-4,7-8,18H,5-6H2,1-2H3. The highest BCUT2D eigenvalue weighted by molar-refractivity contribution is 5.54. The van der Waals surface area contributed by atoms with Gasteiger partial charge >= 0.3 is 6.18 Å². The molecule has 0 spiro atoms. The molecular weight excluding hydrogens is 250 g/mol. The molecule has 1 atom stereocenters. The van der Waals surface area contributed by atoms with Gasteiger partial charge < -0.3 is 10.0 Å². The van der Waals surface area contributed by atoms with Crippen LogP contribution in [0.15, 0.2) is 18.2 Å². The van der Waals surface area contributed by atoms with E-state index >= 15 is 0 Å². The quantitative estimate of drug-likeness (QED) is 0.845. The van der Waals surface area contributed by atoms with Crippen molar-refractivity contribution in [3.05, 3.63) is 29.6 Å². The Bertz CT molecular complexity index is 404. The van der Waals surface area contributed by atoms with Gasteiger partial charge in [0.05, 0.1) is 12.5 Å². The molecule has 1 aromatic carbocycles. The van der Waals surface area contributed by atoms with Gasteiger partial charge in [0, 0.05) is 24.8 Å². The Balaban J connectivity index is 2.88. The lowest BCUT2D eigenvalue weighted by Crippen LogP contribution is -2.25. The monoisotopic (exact) mass is 265 g/mol. The van der Waals surface area contributed by atoms with E-state index in [2.05, 4.69) is 0 Å². The van der Waals surface area contributed by atoms with Crippen LogP contribution in [0.4, 0.5) is 23.2 Å². The third-order valence-electron chi connectivity index (χ3n) is 2.58. The fourth-order valence-electron chi connectivity index (χ4n) is 1.62.